The second-order valence-electron chi connectivity index (χ2n) is 4.95. The molecule has 1 aliphatic rings. The highest BCUT2D eigenvalue weighted by atomic mass is 16.3. The van der Waals surface area contributed by atoms with E-state index in [9.17, 15) is 14.7 Å². The number of fused-ring (bicyclic) bond motifs is 1. The third-order valence-electron chi connectivity index (χ3n) is 3.13. The van der Waals surface area contributed by atoms with Crippen LogP contribution in [0.25, 0.3) is 0 Å². The van der Waals surface area contributed by atoms with E-state index in [2.05, 4.69) is 5.32 Å². The van der Waals surface area contributed by atoms with E-state index in [0.717, 1.165) is 11.3 Å². The minimum atomic E-state index is -0.550. The predicted octanol–water partition coefficient (Wildman–Crippen LogP) is 1.02. The van der Waals surface area contributed by atoms with Crippen LogP contribution in [0.3, 0.4) is 0 Å². The molecular weight excluding hydrogens is 244 g/mol. The molecule has 1 aliphatic heterocycles. The Morgan fingerprint density at radius 1 is 1.47 bits per heavy atom. The Hall–Kier alpha value is -1.88. The zero-order valence-corrected chi connectivity index (χ0v) is 11.1. The molecule has 2 amide bonds. The Morgan fingerprint density at radius 3 is 2.89 bits per heavy atom. The Kier molecular flexibility index (Phi) is 3.85. The number of anilines is 1. The van der Waals surface area contributed by atoms with Crippen molar-refractivity contribution >= 4 is 17.5 Å². The van der Waals surface area contributed by atoms with Crippen LogP contribution < -0.4 is 5.32 Å². The van der Waals surface area contributed by atoms with E-state index < -0.39 is 6.10 Å². The van der Waals surface area contributed by atoms with Gasteiger partial charge in [-0.05, 0) is 37.1 Å². The third-order valence-corrected chi connectivity index (χ3v) is 3.13. The minimum absolute atomic E-state index is 0.0119. The summed E-state index contributed by atoms with van der Waals surface area (Å²) < 4.78 is 0. The van der Waals surface area contributed by atoms with E-state index in [1.807, 2.05) is 6.07 Å². The number of aliphatic hydroxyl groups is 1. The molecule has 1 aromatic rings. The Bertz CT molecular complexity index is 511. The Labute approximate surface area is 112 Å². The summed E-state index contributed by atoms with van der Waals surface area (Å²) in [6.45, 7) is 1.94. The van der Waals surface area contributed by atoms with Gasteiger partial charge in [0.2, 0.25) is 5.91 Å². The van der Waals surface area contributed by atoms with Gasteiger partial charge in [-0.15, -0.1) is 0 Å². The molecule has 19 heavy (non-hydrogen) atoms. The maximum absolute atomic E-state index is 12.2. The van der Waals surface area contributed by atoms with Crippen molar-refractivity contribution in [3.8, 4) is 0 Å². The summed E-state index contributed by atoms with van der Waals surface area (Å²) >= 11 is 0. The summed E-state index contributed by atoms with van der Waals surface area (Å²) in [5, 5.41) is 12.1. The third kappa shape index (κ3) is 3.12. The van der Waals surface area contributed by atoms with Crippen LogP contribution >= 0.6 is 0 Å². The SMILES string of the molecule is CC(O)CN(C)C(=O)c1ccc2c(c1)CCC(=O)N2. The number of nitrogens with zero attached hydrogens (tertiary/aromatic N) is 1. The van der Waals surface area contributed by atoms with Gasteiger partial charge in [0.1, 0.15) is 0 Å². The van der Waals surface area contributed by atoms with E-state index in [1.54, 1.807) is 26.1 Å². The van der Waals surface area contributed by atoms with Crippen LogP contribution in [0.4, 0.5) is 5.69 Å². The van der Waals surface area contributed by atoms with Crippen LogP contribution in [0.1, 0.15) is 29.3 Å². The highest BCUT2D eigenvalue weighted by molar-refractivity contribution is 5.97. The standard InChI is InChI=1S/C14H18N2O3/c1-9(17)8-16(2)14(19)11-3-5-12-10(7-11)4-6-13(18)15-12/h3,5,7,9,17H,4,6,8H2,1-2H3,(H,15,18). The number of aryl methyl sites for hydroxylation is 1. The fraction of sp³-hybridized carbons (Fsp3) is 0.429. The molecule has 0 saturated carbocycles. The molecule has 0 radical (unpaired) electrons. The number of likely N-dealkylation sites (N-methyl/N-ethyl adjacent to an activating group) is 1. The minimum Gasteiger partial charge on any atom is -0.392 e. The molecule has 5 heteroatoms. The van der Waals surface area contributed by atoms with Crippen LogP contribution in [0.15, 0.2) is 18.2 Å². The number of rotatable bonds is 3. The van der Waals surface area contributed by atoms with Gasteiger partial charge in [0, 0.05) is 31.3 Å². The average Bonchev–Trinajstić information content (AvgIpc) is 2.36. The molecule has 1 heterocycles. The van der Waals surface area contributed by atoms with Gasteiger partial charge in [-0.2, -0.15) is 0 Å². The summed E-state index contributed by atoms with van der Waals surface area (Å²) in [4.78, 5) is 24.9. The highest BCUT2D eigenvalue weighted by Gasteiger charge is 2.18. The van der Waals surface area contributed by atoms with E-state index in [-0.39, 0.29) is 11.8 Å². The van der Waals surface area contributed by atoms with Crippen molar-refractivity contribution in [1.82, 2.24) is 4.90 Å². The lowest BCUT2D eigenvalue weighted by Crippen LogP contribution is -2.33. The van der Waals surface area contributed by atoms with Crippen molar-refractivity contribution in [3.63, 3.8) is 0 Å². The average molecular weight is 262 g/mol. The van der Waals surface area contributed by atoms with Crippen LogP contribution in [-0.2, 0) is 11.2 Å². The second-order valence-corrected chi connectivity index (χ2v) is 4.95. The predicted molar refractivity (Wildman–Crippen MR) is 72.0 cm³/mol. The van der Waals surface area contributed by atoms with Gasteiger partial charge in [-0.25, -0.2) is 0 Å². The van der Waals surface area contributed by atoms with Gasteiger partial charge < -0.3 is 15.3 Å². The fourth-order valence-corrected chi connectivity index (χ4v) is 2.22. The normalized spacial score (nSPS) is 15.4. The zero-order chi connectivity index (χ0) is 14.0. The van der Waals surface area contributed by atoms with Crippen molar-refractivity contribution in [2.45, 2.75) is 25.9 Å². The molecule has 0 aliphatic carbocycles. The van der Waals surface area contributed by atoms with Crippen molar-refractivity contribution in [2.75, 3.05) is 18.9 Å². The summed E-state index contributed by atoms with van der Waals surface area (Å²) in [7, 11) is 1.66. The molecule has 2 N–H and O–H groups in total. The number of benzene rings is 1. The molecule has 0 saturated heterocycles. The quantitative estimate of drug-likeness (QED) is 0.854. The van der Waals surface area contributed by atoms with E-state index in [1.165, 1.54) is 4.90 Å². The van der Waals surface area contributed by atoms with Crippen LogP contribution in [0.2, 0.25) is 0 Å². The maximum Gasteiger partial charge on any atom is 0.253 e. The Morgan fingerprint density at radius 2 is 2.21 bits per heavy atom. The first-order chi connectivity index (χ1) is 8.97. The maximum atomic E-state index is 12.2. The first kappa shape index (κ1) is 13.5. The van der Waals surface area contributed by atoms with Gasteiger partial charge in [-0.3, -0.25) is 9.59 Å². The van der Waals surface area contributed by atoms with Crippen molar-refractivity contribution in [1.29, 1.82) is 0 Å². The second kappa shape index (κ2) is 5.40. The monoisotopic (exact) mass is 262 g/mol. The number of nitrogens with one attached hydrogen (secondary N) is 1. The molecule has 0 bridgehead atoms. The van der Waals surface area contributed by atoms with Crippen molar-refractivity contribution in [3.05, 3.63) is 29.3 Å². The molecule has 0 aromatic heterocycles. The molecule has 1 unspecified atom stereocenters. The van der Waals surface area contributed by atoms with Gasteiger partial charge in [-0.1, -0.05) is 0 Å². The van der Waals surface area contributed by atoms with Gasteiger partial charge in [0.15, 0.2) is 0 Å². The molecule has 2 rings (SSSR count). The zero-order valence-electron chi connectivity index (χ0n) is 11.1. The topological polar surface area (TPSA) is 69.6 Å². The number of carbonyl (C=O) groups is 2. The lowest BCUT2D eigenvalue weighted by molar-refractivity contribution is -0.116. The fourth-order valence-electron chi connectivity index (χ4n) is 2.22. The molecule has 1 aromatic carbocycles. The first-order valence-corrected chi connectivity index (χ1v) is 6.33. The molecule has 5 nitrogen and oxygen atoms in total. The van der Waals surface area contributed by atoms with Crippen LogP contribution in [-0.4, -0.2) is 41.5 Å². The molecule has 102 valence electrons. The van der Waals surface area contributed by atoms with Gasteiger partial charge >= 0.3 is 0 Å². The number of amides is 2. The Balaban J connectivity index is 2.18. The lowest BCUT2D eigenvalue weighted by Gasteiger charge is -2.21. The molecular formula is C14H18N2O3. The largest absolute Gasteiger partial charge is 0.392 e. The van der Waals surface area contributed by atoms with Crippen LogP contribution in [0, 0.1) is 0 Å². The summed E-state index contributed by atoms with van der Waals surface area (Å²) in [6.07, 6.45) is 0.558. The number of hydrogen-bond donors (Lipinski definition) is 2. The van der Waals surface area contributed by atoms with Gasteiger partial charge in [0.05, 0.1) is 6.10 Å². The molecule has 0 fully saturated rings. The lowest BCUT2D eigenvalue weighted by atomic mass is 10.00. The van der Waals surface area contributed by atoms with E-state index >= 15 is 0 Å². The smallest absolute Gasteiger partial charge is 0.253 e. The van der Waals surface area contributed by atoms with Crippen molar-refractivity contribution < 1.29 is 14.7 Å². The van der Waals surface area contributed by atoms with Crippen molar-refractivity contribution in [2.24, 2.45) is 0 Å². The summed E-state index contributed by atoms with van der Waals surface area (Å²) in [5.74, 6) is -0.113. The van der Waals surface area contributed by atoms with Crippen LogP contribution in [0.5, 0.6) is 0 Å². The first-order valence-electron chi connectivity index (χ1n) is 6.33. The van der Waals surface area contributed by atoms with E-state index in [4.69, 9.17) is 0 Å². The van der Waals surface area contributed by atoms with E-state index in [0.29, 0.717) is 24.9 Å². The summed E-state index contributed by atoms with van der Waals surface area (Å²) in [6, 6.07) is 5.27. The number of hydrogen-bond acceptors (Lipinski definition) is 3. The van der Waals surface area contributed by atoms with Gasteiger partial charge in [0.25, 0.3) is 5.91 Å². The summed E-state index contributed by atoms with van der Waals surface area (Å²) in [5.41, 5.74) is 2.35. The number of aliphatic hydroxyl groups excluding tert-OH is 1. The number of carbonyl (C=O) groups excluding carboxylic acids is 2. The molecule has 0 spiro atoms. The highest BCUT2D eigenvalue weighted by Crippen LogP contribution is 2.24. The molecule has 1 atom stereocenters.